The number of carbonyl (C=O) groups excluding carboxylic acids is 1. The van der Waals surface area contributed by atoms with Crippen molar-refractivity contribution in [3.05, 3.63) is 81.8 Å². The van der Waals surface area contributed by atoms with Gasteiger partial charge < -0.3 is 5.32 Å². The highest BCUT2D eigenvalue weighted by Gasteiger charge is 2.14. The molecule has 1 unspecified atom stereocenters. The number of aromatic nitrogens is 3. The maximum Gasteiger partial charge on any atom is 0.343 e. The molecule has 0 aliphatic rings. The van der Waals surface area contributed by atoms with E-state index in [9.17, 15) is 9.59 Å². The van der Waals surface area contributed by atoms with Crippen LogP contribution in [0.4, 0.5) is 0 Å². The highest BCUT2D eigenvalue weighted by molar-refractivity contribution is 7.99. The molecule has 0 fully saturated rings. The van der Waals surface area contributed by atoms with E-state index in [0.717, 1.165) is 24.0 Å². The topological polar surface area (TPSA) is 79.8 Å². The Bertz CT molecular complexity index is 980. The fraction of sp³-hybridized carbons (Fsp3) is 0.318. The number of aryl methyl sites for hydroxylation is 2. The molecule has 0 saturated carbocycles. The van der Waals surface area contributed by atoms with E-state index in [0.29, 0.717) is 11.7 Å². The van der Waals surface area contributed by atoms with Gasteiger partial charge in [-0.25, -0.2) is 9.89 Å². The van der Waals surface area contributed by atoms with Crippen LogP contribution in [0.1, 0.15) is 36.6 Å². The van der Waals surface area contributed by atoms with Gasteiger partial charge in [0.1, 0.15) is 0 Å². The normalized spacial score (nSPS) is 11.9. The van der Waals surface area contributed by atoms with Crippen LogP contribution in [0.15, 0.2) is 64.5 Å². The summed E-state index contributed by atoms with van der Waals surface area (Å²) in [5.41, 5.74) is 3.24. The first-order valence-electron chi connectivity index (χ1n) is 9.77. The molecule has 3 aromatic rings. The predicted octanol–water partition coefficient (Wildman–Crippen LogP) is 3.35. The van der Waals surface area contributed by atoms with E-state index in [4.69, 9.17) is 0 Å². The summed E-state index contributed by atoms with van der Waals surface area (Å²) in [5.74, 6) is 0.111. The zero-order valence-corrected chi connectivity index (χ0v) is 17.5. The monoisotopic (exact) mass is 410 g/mol. The highest BCUT2D eigenvalue weighted by atomic mass is 32.2. The number of nitrogens with one attached hydrogen (secondary N) is 2. The molecule has 3 rings (SSSR count). The molecule has 7 heteroatoms. The summed E-state index contributed by atoms with van der Waals surface area (Å²) in [5, 5.41) is 10.1. The minimum atomic E-state index is -0.256. The quantitative estimate of drug-likeness (QED) is 0.530. The minimum Gasteiger partial charge on any atom is -0.349 e. The Kier molecular flexibility index (Phi) is 7.30. The van der Waals surface area contributed by atoms with Gasteiger partial charge in [0.15, 0.2) is 5.16 Å². The van der Waals surface area contributed by atoms with Gasteiger partial charge in [-0.3, -0.25) is 9.36 Å². The number of amides is 1. The summed E-state index contributed by atoms with van der Waals surface area (Å²) in [6, 6.07) is 18.2. The third-order valence-corrected chi connectivity index (χ3v) is 5.76. The number of rotatable bonds is 9. The number of aromatic amines is 1. The molecule has 0 saturated heterocycles. The van der Waals surface area contributed by atoms with Crippen molar-refractivity contribution in [2.24, 2.45) is 0 Å². The average molecular weight is 411 g/mol. The summed E-state index contributed by atoms with van der Waals surface area (Å²) in [7, 11) is 0. The van der Waals surface area contributed by atoms with Crippen molar-refractivity contribution < 1.29 is 4.79 Å². The number of carbonyl (C=O) groups is 1. The smallest absolute Gasteiger partial charge is 0.343 e. The lowest BCUT2D eigenvalue weighted by Gasteiger charge is -2.14. The van der Waals surface area contributed by atoms with E-state index in [1.54, 1.807) is 4.57 Å². The molecule has 0 radical (unpaired) electrons. The fourth-order valence-corrected chi connectivity index (χ4v) is 3.82. The molecule has 6 nitrogen and oxygen atoms in total. The van der Waals surface area contributed by atoms with Gasteiger partial charge in [-0.15, -0.1) is 5.10 Å². The highest BCUT2D eigenvalue weighted by Crippen LogP contribution is 2.16. The second-order valence-electron chi connectivity index (χ2n) is 6.87. The molecule has 1 aromatic heterocycles. The number of H-pyrrole nitrogens is 1. The Balaban J connectivity index is 1.54. The fourth-order valence-electron chi connectivity index (χ4n) is 3.03. The van der Waals surface area contributed by atoms with Crippen molar-refractivity contribution in [1.82, 2.24) is 20.1 Å². The molecule has 0 aliphatic carbocycles. The maximum absolute atomic E-state index is 12.4. The summed E-state index contributed by atoms with van der Waals surface area (Å²) in [4.78, 5) is 24.4. The molecule has 29 heavy (non-hydrogen) atoms. The third kappa shape index (κ3) is 5.84. The maximum atomic E-state index is 12.4. The van der Waals surface area contributed by atoms with Crippen molar-refractivity contribution in [2.75, 3.05) is 5.75 Å². The van der Waals surface area contributed by atoms with E-state index in [1.165, 1.54) is 17.3 Å². The zero-order chi connectivity index (χ0) is 20.6. The summed E-state index contributed by atoms with van der Waals surface area (Å²) >= 11 is 1.26. The minimum absolute atomic E-state index is 0.0755. The average Bonchev–Trinajstić information content (AvgIpc) is 3.11. The Morgan fingerprint density at radius 2 is 1.86 bits per heavy atom. The van der Waals surface area contributed by atoms with E-state index < -0.39 is 0 Å². The predicted molar refractivity (Wildman–Crippen MR) is 116 cm³/mol. The van der Waals surface area contributed by atoms with E-state index >= 15 is 0 Å². The molecule has 2 aromatic carbocycles. The van der Waals surface area contributed by atoms with Crippen LogP contribution in [0, 0.1) is 0 Å². The van der Waals surface area contributed by atoms with Gasteiger partial charge in [0.05, 0.1) is 11.8 Å². The number of hydrogen-bond donors (Lipinski definition) is 2. The van der Waals surface area contributed by atoms with E-state index in [-0.39, 0.29) is 23.4 Å². The van der Waals surface area contributed by atoms with Crippen LogP contribution in [0.25, 0.3) is 0 Å². The molecule has 1 amide bonds. The first kappa shape index (κ1) is 20.9. The third-order valence-electron chi connectivity index (χ3n) is 4.79. The summed E-state index contributed by atoms with van der Waals surface area (Å²) in [6.07, 6.45) is 1.72. The van der Waals surface area contributed by atoms with Crippen LogP contribution >= 0.6 is 11.8 Å². The van der Waals surface area contributed by atoms with Gasteiger partial charge in [-0.2, -0.15) is 0 Å². The lowest BCUT2D eigenvalue weighted by molar-refractivity contribution is -0.119. The van der Waals surface area contributed by atoms with Gasteiger partial charge >= 0.3 is 5.69 Å². The van der Waals surface area contributed by atoms with Crippen molar-refractivity contribution in [3.63, 3.8) is 0 Å². The second-order valence-corrected chi connectivity index (χ2v) is 7.81. The van der Waals surface area contributed by atoms with E-state index in [2.05, 4.69) is 34.6 Å². The van der Waals surface area contributed by atoms with Crippen LogP contribution < -0.4 is 11.0 Å². The largest absolute Gasteiger partial charge is 0.349 e. The molecule has 152 valence electrons. The molecule has 1 atom stereocenters. The Hall–Kier alpha value is -2.80. The van der Waals surface area contributed by atoms with Crippen molar-refractivity contribution in [1.29, 1.82) is 0 Å². The zero-order valence-electron chi connectivity index (χ0n) is 16.7. The standard InChI is InChI=1S/C22H26N4O2S/c1-3-17-9-11-19(12-10-17)16(2)23-20(27)15-29-22-25-24-21(28)26(22)14-13-18-7-5-4-6-8-18/h4-12,16H,3,13-15H2,1-2H3,(H,23,27)(H,24,28). The van der Waals surface area contributed by atoms with Gasteiger partial charge in [-0.05, 0) is 36.5 Å². The molecule has 0 bridgehead atoms. The molecule has 0 spiro atoms. The van der Waals surface area contributed by atoms with Crippen molar-refractivity contribution in [3.8, 4) is 0 Å². The van der Waals surface area contributed by atoms with E-state index in [1.807, 2.05) is 49.4 Å². The van der Waals surface area contributed by atoms with Crippen LogP contribution in [-0.2, 0) is 24.2 Å². The Labute approximate surface area is 174 Å². The number of thioether (sulfide) groups is 1. The van der Waals surface area contributed by atoms with Crippen LogP contribution in [-0.4, -0.2) is 26.4 Å². The van der Waals surface area contributed by atoms with Gasteiger partial charge in [0, 0.05) is 6.54 Å². The second kappa shape index (κ2) is 10.1. The van der Waals surface area contributed by atoms with Gasteiger partial charge in [0.2, 0.25) is 5.91 Å². The number of benzene rings is 2. The van der Waals surface area contributed by atoms with Crippen LogP contribution in [0.5, 0.6) is 0 Å². The van der Waals surface area contributed by atoms with Gasteiger partial charge in [0.25, 0.3) is 0 Å². The Morgan fingerprint density at radius 3 is 2.55 bits per heavy atom. The first-order chi connectivity index (χ1) is 14.1. The molecule has 1 heterocycles. The SMILES string of the molecule is CCc1ccc(C(C)NC(=O)CSc2n[nH]c(=O)n2CCc2ccccc2)cc1. The lowest BCUT2D eigenvalue weighted by atomic mass is 10.1. The van der Waals surface area contributed by atoms with Gasteiger partial charge in [-0.1, -0.05) is 73.3 Å². The number of hydrogen-bond acceptors (Lipinski definition) is 4. The van der Waals surface area contributed by atoms with Crippen LogP contribution in [0.3, 0.4) is 0 Å². The van der Waals surface area contributed by atoms with Crippen LogP contribution in [0.2, 0.25) is 0 Å². The van der Waals surface area contributed by atoms with Crippen molar-refractivity contribution in [2.45, 2.75) is 44.4 Å². The molecular formula is C22H26N4O2S. The summed E-state index contributed by atoms with van der Waals surface area (Å²) < 4.78 is 1.58. The first-order valence-corrected chi connectivity index (χ1v) is 10.8. The Morgan fingerprint density at radius 1 is 1.14 bits per heavy atom. The van der Waals surface area contributed by atoms with Crippen molar-refractivity contribution >= 4 is 17.7 Å². The summed E-state index contributed by atoms with van der Waals surface area (Å²) in [6.45, 7) is 4.60. The molecule has 2 N–H and O–H groups in total. The molecule has 0 aliphatic heterocycles. The number of nitrogens with zero attached hydrogens (tertiary/aromatic N) is 2. The lowest BCUT2D eigenvalue weighted by Crippen LogP contribution is -2.28. The molecular weight excluding hydrogens is 384 g/mol.